The van der Waals surface area contributed by atoms with Gasteiger partial charge < -0.3 is 19.6 Å². The van der Waals surface area contributed by atoms with Crippen LogP contribution in [0.15, 0.2) is 54.6 Å². The van der Waals surface area contributed by atoms with E-state index < -0.39 is 5.54 Å². The number of aromatic hydroxyl groups is 1. The van der Waals surface area contributed by atoms with Crippen LogP contribution in [0.5, 0.6) is 5.75 Å². The molecule has 2 aromatic carbocycles. The Bertz CT molecular complexity index is 869. The summed E-state index contributed by atoms with van der Waals surface area (Å²) in [4.78, 5) is 28.8. The van der Waals surface area contributed by atoms with Crippen molar-refractivity contribution in [3.8, 4) is 5.75 Å². The molecule has 0 radical (unpaired) electrons. The molecule has 0 unspecified atom stereocenters. The fourth-order valence-corrected chi connectivity index (χ4v) is 4.23. The second-order valence-electron chi connectivity index (χ2n) is 7.09. The average Bonchev–Trinajstić information content (AvgIpc) is 2.70. The zero-order chi connectivity index (χ0) is 19.0. The summed E-state index contributed by atoms with van der Waals surface area (Å²) in [6, 6.07) is 16.2. The van der Waals surface area contributed by atoms with Gasteiger partial charge in [0.25, 0.3) is 5.91 Å². The zero-order valence-electron chi connectivity index (χ0n) is 15.2. The molecule has 140 valence electrons. The first-order valence-electron chi connectivity index (χ1n) is 9.04. The number of piperidine rings is 1. The van der Waals surface area contributed by atoms with E-state index in [-0.39, 0.29) is 30.3 Å². The van der Waals surface area contributed by atoms with Crippen LogP contribution in [0, 0.1) is 0 Å². The quantitative estimate of drug-likeness (QED) is 0.883. The van der Waals surface area contributed by atoms with Crippen LogP contribution in [-0.4, -0.2) is 59.6 Å². The molecule has 2 aliphatic rings. The molecule has 6 heteroatoms. The van der Waals surface area contributed by atoms with Crippen molar-refractivity contribution < 1.29 is 19.4 Å². The summed E-state index contributed by atoms with van der Waals surface area (Å²) in [7, 11) is 1.82. The Labute approximate surface area is 158 Å². The number of carbonyl (C=O) groups is 2. The molecule has 2 heterocycles. The summed E-state index contributed by atoms with van der Waals surface area (Å²) in [6.07, 6.45) is 0.284. The van der Waals surface area contributed by atoms with E-state index in [0.717, 1.165) is 5.56 Å². The lowest BCUT2D eigenvalue weighted by molar-refractivity contribution is -0.180. The van der Waals surface area contributed by atoms with Gasteiger partial charge in [0, 0.05) is 25.7 Å². The molecule has 0 bridgehead atoms. The van der Waals surface area contributed by atoms with E-state index >= 15 is 0 Å². The van der Waals surface area contributed by atoms with E-state index in [0.29, 0.717) is 25.1 Å². The summed E-state index contributed by atoms with van der Waals surface area (Å²) in [5.41, 5.74) is 0.893. The Morgan fingerprint density at radius 1 is 1.19 bits per heavy atom. The van der Waals surface area contributed by atoms with Crippen molar-refractivity contribution >= 4 is 11.8 Å². The number of hydrogen-bond donors (Lipinski definition) is 1. The predicted molar refractivity (Wildman–Crippen MR) is 99.3 cm³/mol. The lowest BCUT2D eigenvalue weighted by Crippen LogP contribution is -2.67. The van der Waals surface area contributed by atoms with Crippen LogP contribution in [0.3, 0.4) is 0 Å². The maximum absolute atomic E-state index is 12.9. The highest BCUT2D eigenvalue weighted by Crippen LogP contribution is 2.42. The molecule has 2 atom stereocenters. The van der Waals surface area contributed by atoms with E-state index in [1.54, 1.807) is 21.9 Å². The monoisotopic (exact) mass is 366 g/mol. The Balaban J connectivity index is 1.65. The van der Waals surface area contributed by atoms with Gasteiger partial charge in [-0.15, -0.1) is 0 Å². The van der Waals surface area contributed by atoms with Crippen molar-refractivity contribution in [3.05, 3.63) is 65.7 Å². The average molecular weight is 366 g/mol. The minimum absolute atomic E-state index is 0.0178. The van der Waals surface area contributed by atoms with Gasteiger partial charge in [0.1, 0.15) is 18.5 Å². The minimum Gasteiger partial charge on any atom is -0.508 e. The molecule has 2 amide bonds. The molecule has 4 rings (SSSR count). The fraction of sp³-hybridized carbons (Fsp3) is 0.333. The van der Waals surface area contributed by atoms with Crippen LogP contribution in [0.2, 0.25) is 0 Å². The Hall–Kier alpha value is -2.86. The molecular formula is C21H22N2O4. The third kappa shape index (κ3) is 2.86. The van der Waals surface area contributed by atoms with Gasteiger partial charge in [-0.25, -0.2) is 0 Å². The number of rotatable bonds is 2. The first kappa shape index (κ1) is 17.5. The first-order valence-corrected chi connectivity index (χ1v) is 9.04. The zero-order valence-corrected chi connectivity index (χ0v) is 15.2. The van der Waals surface area contributed by atoms with Crippen molar-refractivity contribution in [1.29, 1.82) is 0 Å². The number of fused-ring (bicyclic) bond motifs is 1. The van der Waals surface area contributed by atoms with Gasteiger partial charge in [0.05, 0.1) is 5.54 Å². The number of hydrogen-bond acceptors (Lipinski definition) is 4. The number of likely N-dealkylation sites (tertiary alicyclic amines) is 1. The molecule has 0 spiro atoms. The summed E-state index contributed by atoms with van der Waals surface area (Å²) in [5.74, 6) is -0.130. The van der Waals surface area contributed by atoms with E-state index in [2.05, 4.69) is 0 Å². The highest BCUT2D eigenvalue weighted by Gasteiger charge is 2.53. The Morgan fingerprint density at radius 2 is 1.96 bits per heavy atom. The summed E-state index contributed by atoms with van der Waals surface area (Å²) in [6.45, 7) is 0.909. The lowest BCUT2D eigenvalue weighted by Gasteiger charge is -2.54. The van der Waals surface area contributed by atoms with E-state index in [1.807, 2.05) is 37.4 Å². The number of morpholine rings is 1. The summed E-state index contributed by atoms with van der Waals surface area (Å²) < 4.78 is 5.93. The molecular weight excluding hydrogens is 344 g/mol. The lowest BCUT2D eigenvalue weighted by atomic mass is 9.76. The molecule has 0 aromatic heterocycles. The molecule has 2 fully saturated rings. The number of amides is 2. The van der Waals surface area contributed by atoms with Crippen molar-refractivity contribution in [2.75, 3.05) is 26.7 Å². The minimum atomic E-state index is -0.577. The number of phenols is 1. The van der Waals surface area contributed by atoms with Gasteiger partial charge in [-0.05, 0) is 30.2 Å². The normalized spacial score (nSPS) is 25.2. The smallest absolute Gasteiger partial charge is 0.254 e. The van der Waals surface area contributed by atoms with Crippen LogP contribution < -0.4 is 0 Å². The van der Waals surface area contributed by atoms with Gasteiger partial charge >= 0.3 is 0 Å². The number of phenolic OH excluding ortho intramolecular Hbond substituents is 1. The van der Waals surface area contributed by atoms with Crippen LogP contribution in [0.25, 0.3) is 0 Å². The Morgan fingerprint density at radius 3 is 2.70 bits per heavy atom. The summed E-state index contributed by atoms with van der Waals surface area (Å²) in [5, 5.41) is 9.66. The standard InChI is InChI=1S/C21H22N2O4/c1-22-19(25)14-27-18-13-23(20(26)15-6-5-9-17(24)12-15)11-10-21(18,22)16-7-3-2-4-8-16/h2-9,12,18,24H,10-11,13-14H2,1H3/t18-,21+/m1/s1. The molecule has 27 heavy (non-hydrogen) atoms. The van der Waals surface area contributed by atoms with E-state index in [4.69, 9.17) is 4.74 Å². The highest BCUT2D eigenvalue weighted by molar-refractivity contribution is 5.94. The second-order valence-corrected chi connectivity index (χ2v) is 7.09. The molecule has 1 N–H and O–H groups in total. The van der Waals surface area contributed by atoms with Crippen LogP contribution >= 0.6 is 0 Å². The second kappa shape index (κ2) is 6.70. The highest BCUT2D eigenvalue weighted by atomic mass is 16.5. The molecule has 2 saturated heterocycles. The number of benzene rings is 2. The molecule has 0 saturated carbocycles. The third-order valence-corrected chi connectivity index (χ3v) is 5.72. The van der Waals surface area contributed by atoms with Crippen molar-refractivity contribution in [2.24, 2.45) is 0 Å². The van der Waals surface area contributed by atoms with E-state index in [9.17, 15) is 14.7 Å². The fourth-order valence-electron chi connectivity index (χ4n) is 4.23. The number of carbonyl (C=O) groups excluding carboxylic acids is 2. The molecule has 2 aliphatic heterocycles. The number of likely N-dealkylation sites (N-methyl/N-ethyl adjacent to an activating group) is 1. The molecule has 0 aliphatic carbocycles. The van der Waals surface area contributed by atoms with E-state index in [1.165, 1.54) is 12.1 Å². The van der Waals surface area contributed by atoms with Crippen LogP contribution in [0.4, 0.5) is 0 Å². The van der Waals surface area contributed by atoms with Crippen LogP contribution in [0.1, 0.15) is 22.3 Å². The SMILES string of the molecule is CN1C(=O)CO[C@@H]2CN(C(=O)c3cccc(O)c3)CC[C@]21c1ccccc1. The molecule has 6 nitrogen and oxygen atoms in total. The van der Waals surface area contributed by atoms with Gasteiger partial charge in [-0.2, -0.15) is 0 Å². The number of ether oxygens (including phenoxy) is 1. The number of nitrogens with zero attached hydrogens (tertiary/aromatic N) is 2. The van der Waals surface area contributed by atoms with Gasteiger partial charge in [-0.3, -0.25) is 9.59 Å². The van der Waals surface area contributed by atoms with Gasteiger partial charge in [0.2, 0.25) is 5.91 Å². The Kier molecular flexibility index (Phi) is 4.36. The van der Waals surface area contributed by atoms with Gasteiger partial charge in [0.15, 0.2) is 0 Å². The maximum Gasteiger partial charge on any atom is 0.254 e. The van der Waals surface area contributed by atoms with Crippen LogP contribution in [-0.2, 0) is 15.1 Å². The first-order chi connectivity index (χ1) is 13.0. The van der Waals surface area contributed by atoms with Crippen molar-refractivity contribution in [2.45, 2.75) is 18.1 Å². The maximum atomic E-state index is 12.9. The van der Waals surface area contributed by atoms with Gasteiger partial charge in [-0.1, -0.05) is 36.4 Å². The van der Waals surface area contributed by atoms with Crippen molar-refractivity contribution in [1.82, 2.24) is 9.80 Å². The van der Waals surface area contributed by atoms with Crippen molar-refractivity contribution in [3.63, 3.8) is 0 Å². The third-order valence-electron chi connectivity index (χ3n) is 5.72. The largest absolute Gasteiger partial charge is 0.508 e. The topological polar surface area (TPSA) is 70.1 Å². The molecule has 2 aromatic rings. The predicted octanol–water partition coefficient (Wildman–Crippen LogP) is 1.99. The summed E-state index contributed by atoms with van der Waals surface area (Å²) >= 11 is 0.